The highest BCUT2D eigenvalue weighted by Gasteiger charge is 2.19. The average Bonchev–Trinajstić information content (AvgIpc) is 2.83. The molecular formula is C12H22Cl2N4O. The molecule has 0 saturated heterocycles. The summed E-state index contributed by atoms with van der Waals surface area (Å²) < 4.78 is 1.91. The monoisotopic (exact) mass is 308 g/mol. The summed E-state index contributed by atoms with van der Waals surface area (Å²) in [4.78, 5) is 15.7. The highest BCUT2D eigenvalue weighted by atomic mass is 35.5. The third kappa shape index (κ3) is 6.27. The van der Waals surface area contributed by atoms with E-state index in [1.54, 1.807) is 12.5 Å². The van der Waals surface area contributed by atoms with Crippen LogP contribution in [0.25, 0.3) is 0 Å². The number of rotatable bonds is 4. The maximum atomic E-state index is 11.7. The minimum Gasteiger partial charge on any atom is -0.353 e. The van der Waals surface area contributed by atoms with Crippen LogP contribution in [0.15, 0.2) is 18.7 Å². The van der Waals surface area contributed by atoms with Gasteiger partial charge in [0.2, 0.25) is 5.91 Å². The molecule has 110 valence electrons. The third-order valence-electron chi connectivity index (χ3n) is 3.29. The second kappa shape index (κ2) is 9.18. The fourth-order valence-corrected chi connectivity index (χ4v) is 2.21. The Hall–Kier alpha value is -0.780. The van der Waals surface area contributed by atoms with E-state index in [1.165, 1.54) is 0 Å². The number of aromatic nitrogens is 2. The van der Waals surface area contributed by atoms with E-state index in [9.17, 15) is 4.79 Å². The van der Waals surface area contributed by atoms with Crippen LogP contribution in [0.5, 0.6) is 0 Å². The quantitative estimate of drug-likeness (QED) is 0.885. The van der Waals surface area contributed by atoms with Gasteiger partial charge < -0.3 is 15.6 Å². The normalized spacial score (nSPS) is 21.9. The third-order valence-corrected chi connectivity index (χ3v) is 3.29. The first-order valence-corrected chi connectivity index (χ1v) is 6.25. The molecule has 0 radical (unpaired) electrons. The molecular weight excluding hydrogens is 287 g/mol. The lowest BCUT2D eigenvalue weighted by atomic mass is 9.92. The maximum absolute atomic E-state index is 11.7. The predicted molar refractivity (Wildman–Crippen MR) is 79.7 cm³/mol. The Balaban J connectivity index is 0.00000162. The summed E-state index contributed by atoms with van der Waals surface area (Å²) in [6.45, 7) is 0.693. The summed E-state index contributed by atoms with van der Waals surface area (Å²) >= 11 is 0. The molecule has 0 unspecified atom stereocenters. The number of nitrogens with one attached hydrogen (secondary N) is 1. The molecule has 0 bridgehead atoms. The molecule has 1 aliphatic carbocycles. The molecule has 0 aromatic carbocycles. The topological polar surface area (TPSA) is 72.9 Å². The number of nitrogens with zero attached hydrogens (tertiary/aromatic N) is 2. The van der Waals surface area contributed by atoms with Gasteiger partial charge in [0.15, 0.2) is 0 Å². The van der Waals surface area contributed by atoms with Gasteiger partial charge in [-0.05, 0) is 25.7 Å². The molecule has 1 aliphatic rings. The van der Waals surface area contributed by atoms with Crippen molar-refractivity contribution in [2.45, 2.75) is 50.7 Å². The number of halogens is 2. The van der Waals surface area contributed by atoms with Crippen LogP contribution in [-0.4, -0.2) is 27.5 Å². The average molecular weight is 309 g/mol. The first-order valence-electron chi connectivity index (χ1n) is 6.25. The van der Waals surface area contributed by atoms with Crippen molar-refractivity contribution in [2.75, 3.05) is 0 Å². The first kappa shape index (κ1) is 18.2. The van der Waals surface area contributed by atoms with Crippen molar-refractivity contribution in [3.8, 4) is 0 Å². The minimum absolute atomic E-state index is 0. The Bertz CT molecular complexity index is 351. The molecule has 0 spiro atoms. The Morgan fingerprint density at radius 1 is 1.32 bits per heavy atom. The van der Waals surface area contributed by atoms with Gasteiger partial charge in [-0.2, -0.15) is 0 Å². The summed E-state index contributed by atoms with van der Waals surface area (Å²) in [5.41, 5.74) is 5.83. The van der Waals surface area contributed by atoms with Crippen molar-refractivity contribution in [3.05, 3.63) is 18.7 Å². The van der Waals surface area contributed by atoms with Crippen LogP contribution in [-0.2, 0) is 11.3 Å². The summed E-state index contributed by atoms with van der Waals surface area (Å²) in [5, 5.41) is 3.07. The smallest absolute Gasteiger partial charge is 0.222 e. The van der Waals surface area contributed by atoms with Crippen LogP contribution in [0, 0.1) is 0 Å². The molecule has 2 rings (SSSR count). The van der Waals surface area contributed by atoms with Gasteiger partial charge in [0.1, 0.15) is 0 Å². The minimum atomic E-state index is 0. The number of aryl methyl sites for hydroxylation is 1. The van der Waals surface area contributed by atoms with Gasteiger partial charge in [-0.3, -0.25) is 4.79 Å². The van der Waals surface area contributed by atoms with Crippen molar-refractivity contribution in [1.29, 1.82) is 0 Å². The highest BCUT2D eigenvalue weighted by molar-refractivity contribution is 5.85. The van der Waals surface area contributed by atoms with Gasteiger partial charge in [-0.1, -0.05) is 0 Å². The van der Waals surface area contributed by atoms with E-state index in [2.05, 4.69) is 10.3 Å². The zero-order valence-electron chi connectivity index (χ0n) is 10.8. The van der Waals surface area contributed by atoms with Crippen LogP contribution in [0.1, 0.15) is 32.1 Å². The van der Waals surface area contributed by atoms with Crippen molar-refractivity contribution < 1.29 is 4.79 Å². The van der Waals surface area contributed by atoms with Crippen LogP contribution >= 0.6 is 24.8 Å². The summed E-state index contributed by atoms with van der Waals surface area (Å²) in [5.74, 6) is 0.124. The van der Waals surface area contributed by atoms with Gasteiger partial charge in [0.25, 0.3) is 0 Å². The summed E-state index contributed by atoms with van der Waals surface area (Å²) in [7, 11) is 0. The number of carbonyl (C=O) groups excluding carboxylic acids is 1. The lowest BCUT2D eigenvalue weighted by Gasteiger charge is -2.26. The van der Waals surface area contributed by atoms with Gasteiger partial charge >= 0.3 is 0 Å². The predicted octanol–water partition coefficient (Wildman–Crippen LogP) is 1.50. The standard InChI is InChI=1S/C12H20N4O.2ClH/c13-10-1-3-11(4-2-10)15-12(17)5-7-16-8-6-14-9-16;;/h6,8-11H,1-5,7,13H2,(H,15,17);2*1H. The van der Waals surface area contributed by atoms with Crippen molar-refractivity contribution in [1.82, 2.24) is 14.9 Å². The van der Waals surface area contributed by atoms with E-state index in [1.807, 2.05) is 10.8 Å². The Labute approximate surface area is 126 Å². The Kier molecular flexibility index (Phi) is 8.80. The largest absolute Gasteiger partial charge is 0.353 e. The van der Waals surface area contributed by atoms with E-state index in [-0.39, 0.29) is 30.7 Å². The fourth-order valence-electron chi connectivity index (χ4n) is 2.21. The van der Waals surface area contributed by atoms with Gasteiger partial charge in [-0.25, -0.2) is 4.98 Å². The number of carbonyl (C=O) groups is 1. The van der Waals surface area contributed by atoms with Crippen molar-refractivity contribution >= 4 is 30.7 Å². The molecule has 7 heteroatoms. The van der Waals surface area contributed by atoms with Crippen LogP contribution < -0.4 is 11.1 Å². The van der Waals surface area contributed by atoms with Crippen LogP contribution in [0.3, 0.4) is 0 Å². The maximum Gasteiger partial charge on any atom is 0.222 e. The second-order valence-electron chi connectivity index (χ2n) is 4.73. The number of imidazole rings is 1. The Morgan fingerprint density at radius 2 is 2.00 bits per heavy atom. The summed E-state index contributed by atoms with van der Waals surface area (Å²) in [6.07, 6.45) is 9.90. The molecule has 1 fully saturated rings. The fraction of sp³-hybridized carbons (Fsp3) is 0.667. The molecule has 19 heavy (non-hydrogen) atoms. The van der Waals surface area contributed by atoms with Crippen LogP contribution in [0.4, 0.5) is 0 Å². The second-order valence-corrected chi connectivity index (χ2v) is 4.73. The number of hydrogen-bond acceptors (Lipinski definition) is 3. The molecule has 0 atom stereocenters. The molecule has 5 nitrogen and oxygen atoms in total. The van der Waals surface area contributed by atoms with Gasteiger partial charge in [-0.15, -0.1) is 24.8 Å². The summed E-state index contributed by atoms with van der Waals surface area (Å²) in [6, 6.07) is 0.652. The Morgan fingerprint density at radius 3 is 2.58 bits per heavy atom. The van der Waals surface area contributed by atoms with E-state index in [4.69, 9.17) is 5.73 Å². The zero-order valence-corrected chi connectivity index (χ0v) is 12.5. The molecule has 1 heterocycles. The zero-order chi connectivity index (χ0) is 12.1. The van der Waals surface area contributed by atoms with Crippen molar-refractivity contribution in [2.24, 2.45) is 5.73 Å². The van der Waals surface area contributed by atoms with E-state index < -0.39 is 0 Å². The first-order chi connectivity index (χ1) is 8.24. The van der Waals surface area contributed by atoms with Crippen LogP contribution in [0.2, 0.25) is 0 Å². The molecule has 1 aromatic heterocycles. The van der Waals surface area contributed by atoms with E-state index in [0.29, 0.717) is 25.0 Å². The van der Waals surface area contributed by atoms with Crippen molar-refractivity contribution in [3.63, 3.8) is 0 Å². The number of amides is 1. The molecule has 3 N–H and O–H groups in total. The molecule has 1 saturated carbocycles. The molecule has 0 aliphatic heterocycles. The SMILES string of the molecule is Cl.Cl.NC1CCC(NC(=O)CCn2ccnc2)CC1. The van der Waals surface area contributed by atoms with Gasteiger partial charge in [0, 0.05) is 37.4 Å². The van der Waals surface area contributed by atoms with E-state index >= 15 is 0 Å². The number of nitrogens with two attached hydrogens (primary N) is 1. The number of hydrogen-bond donors (Lipinski definition) is 2. The van der Waals surface area contributed by atoms with Gasteiger partial charge in [0.05, 0.1) is 6.33 Å². The molecule has 1 amide bonds. The van der Waals surface area contributed by atoms with E-state index in [0.717, 1.165) is 25.7 Å². The lowest BCUT2D eigenvalue weighted by molar-refractivity contribution is -0.122. The lowest BCUT2D eigenvalue weighted by Crippen LogP contribution is -2.40. The molecule has 1 aromatic rings. The highest BCUT2D eigenvalue weighted by Crippen LogP contribution is 2.16.